The Balaban J connectivity index is -0.000000286. The number of carboxylic acid groups (broad SMARTS) is 1. The summed E-state index contributed by atoms with van der Waals surface area (Å²) in [5, 5.41) is 12.0. The van der Waals surface area contributed by atoms with Crippen molar-refractivity contribution in [2.45, 2.75) is 0 Å². The minimum Gasteiger partial charge on any atom is -0.478 e. The Hall–Kier alpha value is -1.54. The number of rotatable bonds is 6. The molecule has 0 saturated carbocycles. The summed E-state index contributed by atoms with van der Waals surface area (Å²) in [5.74, 6) is 3.82. The number of carbonyl (C=O) groups is 2. The third-order valence-corrected chi connectivity index (χ3v) is 2.43. The van der Waals surface area contributed by atoms with Crippen LogP contribution in [0, 0.1) is 24.7 Å². The molecule has 0 radical (unpaired) electrons. The number of halogens is 2. The molecule has 0 unspecified atom stereocenters. The van der Waals surface area contributed by atoms with Gasteiger partial charge < -0.3 is 15.3 Å². The van der Waals surface area contributed by atoms with E-state index in [0.29, 0.717) is 23.7 Å². The van der Waals surface area contributed by atoms with Gasteiger partial charge >= 0.3 is 5.97 Å². The number of terminal acetylenes is 2. The van der Waals surface area contributed by atoms with Gasteiger partial charge in [0, 0.05) is 23.8 Å². The highest BCUT2D eigenvalue weighted by atomic mass is 79.9. The van der Waals surface area contributed by atoms with Crippen LogP contribution in [0.25, 0.3) is 0 Å². The van der Waals surface area contributed by atoms with Crippen LogP contribution < -0.4 is 5.32 Å². The van der Waals surface area contributed by atoms with E-state index in [0.717, 1.165) is 6.08 Å². The van der Waals surface area contributed by atoms with Crippen LogP contribution in [0.2, 0.25) is 0 Å². The first-order chi connectivity index (χ1) is 10.9. The summed E-state index contributed by atoms with van der Waals surface area (Å²) in [5.41, 5.74) is 0. The lowest BCUT2D eigenvalue weighted by atomic mass is 10.4. The summed E-state index contributed by atoms with van der Waals surface area (Å²) in [4.78, 5) is 22.1. The molecule has 0 bridgehead atoms. The van der Waals surface area contributed by atoms with E-state index in [2.05, 4.69) is 49.0 Å². The standard InChI is InChI=1S/C8H10BrNO.C4H5BrO2.C4H7N/c1-3-7-10(2)8(11)5-4-6-9;5-3-1-2-4(6)7;1-3-4-5-2/h1,4-5H,6-7H2,2H3;1-2H,3H2,(H,6,7);1,5H,4H2,2H3/b5-4+;2-1+;. The van der Waals surface area contributed by atoms with Crippen LogP contribution >= 0.6 is 31.9 Å². The van der Waals surface area contributed by atoms with Crippen LogP contribution in [0.3, 0.4) is 0 Å². The first-order valence-corrected chi connectivity index (χ1v) is 8.59. The summed E-state index contributed by atoms with van der Waals surface area (Å²) in [6.45, 7) is 1.02. The molecule has 0 atom stereocenters. The zero-order valence-electron chi connectivity index (χ0n) is 13.3. The highest BCUT2D eigenvalue weighted by molar-refractivity contribution is 9.09. The molecule has 0 heterocycles. The van der Waals surface area contributed by atoms with Crippen molar-refractivity contribution in [2.24, 2.45) is 0 Å². The van der Waals surface area contributed by atoms with Gasteiger partial charge in [0.1, 0.15) is 0 Å². The summed E-state index contributed by atoms with van der Waals surface area (Å²) in [6, 6.07) is 0. The van der Waals surface area contributed by atoms with E-state index in [-0.39, 0.29) is 5.91 Å². The maximum Gasteiger partial charge on any atom is 0.328 e. The van der Waals surface area contributed by atoms with Crippen molar-refractivity contribution in [3.8, 4) is 24.7 Å². The maximum absolute atomic E-state index is 11.0. The van der Waals surface area contributed by atoms with Crippen LogP contribution in [-0.2, 0) is 9.59 Å². The Morgan fingerprint density at radius 2 is 1.70 bits per heavy atom. The molecule has 0 aromatic carbocycles. The van der Waals surface area contributed by atoms with Gasteiger partial charge in [-0.15, -0.1) is 12.8 Å². The van der Waals surface area contributed by atoms with Gasteiger partial charge in [-0.1, -0.05) is 55.9 Å². The molecule has 0 spiro atoms. The lowest BCUT2D eigenvalue weighted by molar-refractivity contribution is -0.131. The van der Waals surface area contributed by atoms with Crippen molar-refractivity contribution in [3.63, 3.8) is 0 Å². The predicted molar refractivity (Wildman–Crippen MR) is 103 cm³/mol. The van der Waals surface area contributed by atoms with E-state index in [4.69, 9.17) is 18.0 Å². The molecule has 2 N–H and O–H groups in total. The number of alkyl halides is 2. The number of nitrogens with zero attached hydrogens (tertiary/aromatic N) is 1. The predicted octanol–water partition coefficient (Wildman–Crippen LogP) is 1.89. The zero-order chi connectivity index (χ0) is 18.5. The molecule has 1 amide bonds. The molecule has 0 saturated heterocycles. The van der Waals surface area contributed by atoms with Crippen molar-refractivity contribution in [1.82, 2.24) is 10.2 Å². The minimum absolute atomic E-state index is 0.0672. The van der Waals surface area contributed by atoms with E-state index in [9.17, 15) is 9.59 Å². The fraction of sp³-hybridized carbons (Fsp3) is 0.375. The topological polar surface area (TPSA) is 69.6 Å². The van der Waals surface area contributed by atoms with Crippen LogP contribution in [0.5, 0.6) is 0 Å². The second-order valence-corrected chi connectivity index (χ2v) is 4.88. The van der Waals surface area contributed by atoms with E-state index in [1.165, 1.54) is 17.1 Å². The third-order valence-electron chi connectivity index (χ3n) is 1.68. The van der Waals surface area contributed by atoms with Gasteiger partial charge in [-0.05, 0) is 13.1 Å². The molecule has 0 aromatic rings. The lowest BCUT2D eigenvalue weighted by Gasteiger charge is -2.09. The van der Waals surface area contributed by atoms with Crippen molar-refractivity contribution in [3.05, 3.63) is 24.3 Å². The summed E-state index contributed by atoms with van der Waals surface area (Å²) in [6.07, 6.45) is 15.7. The molecule has 0 aliphatic carbocycles. The monoisotopic (exact) mass is 448 g/mol. The molecule has 0 fully saturated rings. The van der Waals surface area contributed by atoms with Gasteiger partial charge in [0.25, 0.3) is 0 Å². The molecule has 5 nitrogen and oxygen atoms in total. The van der Waals surface area contributed by atoms with E-state index >= 15 is 0 Å². The van der Waals surface area contributed by atoms with Crippen LogP contribution in [0.1, 0.15) is 0 Å². The summed E-state index contributed by atoms with van der Waals surface area (Å²) < 4.78 is 0. The molecular formula is C16H22Br2N2O3. The Labute approximate surface area is 155 Å². The lowest BCUT2D eigenvalue weighted by Crippen LogP contribution is -2.24. The van der Waals surface area contributed by atoms with Gasteiger partial charge in [-0.25, -0.2) is 4.79 Å². The van der Waals surface area contributed by atoms with Gasteiger partial charge in [0.15, 0.2) is 0 Å². The first kappa shape index (κ1) is 26.4. The van der Waals surface area contributed by atoms with Crippen molar-refractivity contribution in [2.75, 3.05) is 37.8 Å². The van der Waals surface area contributed by atoms with Crippen LogP contribution in [0.4, 0.5) is 0 Å². The number of carbonyl (C=O) groups excluding carboxylic acids is 1. The summed E-state index contributed by atoms with van der Waals surface area (Å²) >= 11 is 6.20. The molecule has 0 aromatic heterocycles. The van der Waals surface area contributed by atoms with Gasteiger partial charge in [-0.2, -0.15) is 0 Å². The number of allylic oxidation sites excluding steroid dienone is 2. The molecule has 7 heteroatoms. The second kappa shape index (κ2) is 22.7. The van der Waals surface area contributed by atoms with Gasteiger partial charge in [0.2, 0.25) is 5.91 Å². The quantitative estimate of drug-likeness (QED) is 0.369. The molecular weight excluding hydrogens is 428 g/mol. The Kier molecular flexibility index (Phi) is 26.1. The Morgan fingerprint density at radius 3 is 1.96 bits per heavy atom. The maximum atomic E-state index is 11.0. The van der Waals surface area contributed by atoms with Crippen molar-refractivity contribution < 1.29 is 14.7 Å². The van der Waals surface area contributed by atoms with Crippen LogP contribution in [-0.4, -0.2) is 59.7 Å². The van der Waals surface area contributed by atoms with E-state index in [1.54, 1.807) is 13.1 Å². The van der Waals surface area contributed by atoms with Gasteiger partial charge in [0.05, 0.1) is 13.1 Å². The largest absolute Gasteiger partial charge is 0.478 e. The van der Waals surface area contributed by atoms with Crippen molar-refractivity contribution >= 4 is 43.7 Å². The fourth-order valence-electron chi connectivity index (χ4n) is 0.735. The number of nitrogens with one attached hydrogen (secondary N) is 1. The normalized spacial score (nSPS) is 8.96. The number of carboxylic acids is 1. The van der Waals surface area contributed by atoms with Crippen LogP contribution in [0.15, 0.2) is 24.3 Å². The number of hydrogen-bond acceptors (Lipinski definition) is 3. The molecule has 0 aliphatic heterocycles. The Morgan fingerprint density at radius 1 is 1.17 bits per heavy atom. The van der Waals surface area contributed by atoms with E-state index < -0.39 is 5.97 Å². The highest BCUT2D eigenvalue weighted by Crippen LogP contribution is 1.87. The number of hydrogen-bond donors (Lipinski definition) is 2. The number of amides is 1. The molecule has 0 rings (SSSR count). The SMILES string of the molecule is C#CCN(C)C(=O)/C=C/CBr.C#CCNC.O=C(O)/C=C/CBr. The average molecular weight is 450 g/mol. The molecule has 23 heavy (non-hydrogen) atoms. The second-order valence-electron chi connectivity index (χ2n) is 3.58. The Bertz CT molecular complexity index is 449. The average Bonchev–Trinajstić information content (AvgIpc) is 2.52. The number of likely N-dealkylation sites (N-methyl/N-ethyl adjacent to an activating group) is 1. The zero-order valence-corrected chi connectivity index (χ0v) is 16.4. The third kappa shape index (κ3) is 29.2. The van der Waals surface area contributed by atoms with Gasteiger partial charge in [-0.3, -0.25) is 4.79 Å². The molecule has 128 valence electrons. The fourth-order valence-corrected chi connectivity index (χ4v) is 1.11. The number of aliphatic carboxylic acids is 1. The molecule has 0 aliphatic rings. The first-order valence-electron chi connectivity index (χ1n) is 6.35. The highest BCUT2D eigenvalue weighted by Gasteiger charge is 2.00. The summed E-state index contributed by atoms with van der Waals surface area (Å²) in [7, 11) is 3.49. The van der Waals surface area contributed by atoms with E-state index in [1.807, 2.05) is 7.05 Å². The minimum atomic E-state index is -0.903. The smallest absolute Gasteiger partial charge is 0.328 e. The van der Waals surface area contributed by atoms with Crippen molar-refractivity contribution in [1.29, 1.82) is 0 Å².